The van der Waals surface area contributed by atoms with Gasteiger partial charge >= 0.3 is 0 Å². The van der Waals surface area contributed by atoms with Gasteiger partial charge in [-0.3, -0.25) is 4.79 Å². The minimum atomic E-state index is -2.33. The Kier molecular flexibility index (Phi) is 1.53. The van der Waals surface area contributed by atoms with Gasteiger partial charge in [0.1, 0.15) is 5.78 Å². The van der Waals surface area contributed by atoms with Crippen molar-refractivity contribution >= 4 is 5.78 Å². The minimum absolute atomic E-state index is 0.113. The van der Waals surface area contributed by atoms with Gasteiger partial charge in [-0.1, -0.05) is 6.92 Å². The highest BCUT2D eigenvalue weighted by Crippen LogP contribution is 2.55. The molecule has 10 heavy (non-hydrogen) atoms. The first-order valence-electron chi connectivity index (χ1n) is 3.27. The van der Waals surface area contributed by atoms with Gasteiger partial charge in [-0.2, -0.15) is 0 Å². The number of Topliss-reactive ketones (excluding diaryl/α,β-unsaturated/α-hetero) is 1. The molecule has 1 aliphatic carbocycles. The van der Waals surface area contributed by atoms with E-state index in [4.69, 9.17) is 0 Å². The number of hydrogen-bond acceptors (Lipinski definition) is 1. The van der Waals surface area contributed by atoms with Crippen LogP contribution in [0.1, 0.15) is 20.3 Å². The third kappa shape index (κ3) is 0.935. The fraction of sp³-hybridized carbons (Fsp3) is 0.857. The molecule has 0 amide bonds. The van der Waals surface area contributed by atoms with Crippen molar-refractivity contribution in [1.29, 1.82) is 0 Å². The summed E-state index contributed by atoms with van der Waals surface area (Å²) < 4.78 is 23.8. The van der Waals surface area contributed by atoms with Gasteiger partial charge in [0.05, 0.1) is 0 Å². The summed E-state index contributed by atoms with van der Waals surface area (Å²) in [6.07, 6.45) is -1.96. The third-order valence-electron chi connectivity index (χ3n) is 2.41. The lowest BCUT2D eigenvalue weighted by atomic mass is 10.0. The van der Waals surface area contributed by atoms with Crippen LogP contribution in [0.15, 0.2) is 0 Å². The lowest BCUT2D eigenvalue weighted by Gasteiger charge is -2.03. The van der Waals surface area contributed by atoms with Crippen molar-refractivity contribution in [3.8, 4) is 0 Å². The maximum Gasteiger partial charge on any atom is 0.242 e. The Morgan fingerprint density at radius 2 is 2.20 bits per heavy atom. The number of carbonyl (C=O) groups excluding carboxylic acids is 1. The van der Waals surface area contributed by atoms with E-state index in [1.807, 2.05) is 0 Å². The maximum atomic E-state index is 11.9. The van der Waals surface area contributed by atoms with Crippen molar-refractivity contribution in [3.05, 3.63) is 0 Å². The SMILES string of the molecule is CC(=O)[C@@]1(C)C[C@H]1C(F)F. The molecule has 0 aliphatic heterocycles. The van der Waals surface area contributed by atoms with E-state index >= 15 is 0 Å². The van der Waals surface area contributed by atoms with Crippen LogP contribution in [0.4, 0.5) is 8.78 Å². The molecule has 0 radical (unpaired) electrons. The second-order valence-electron chi connectivity index (χ2n) is 3.12. The van der Waals surface area contributed by atoms with Gasteiger partial charge < -0.3 is 0 Å². The molecule has 0 unspecified atom stereocenters. The number of ketones is 1. The number of alkyl halides is 2. The average molecular weight is 148 g/mol. The highest BCUT2D eigenvalue weighted by atomic mass is 19.3. The first kappa shape index (κ1) is 7.63. The Balaban J connectivity index is 2.56. The number of halogens is 2. The second-order valence-corrected chi connectivity index (χ2v) is 3.12. The normalized spacial score (nSPS) is 38.3. The molecule has 0 aromatic rings. The lowest BCUT2D eigenvalue weighted by molar-refractivity contribution is -0.122. The first-order valence-corrected chi connectivity index (χ1v) is 3.27. The van der Waals surface area contributed by atoms with E-state index in [1.165, 1.54) is 6.92 Å². The van der Waals surface area contributed by atoms with Crippen LogP contribution in [0.25, 0.3) is 0 Å². The summed E-state index contributed by atoms with van der Waals surface area (Å²) in [6, 6.07) is 0. The highest BCUT2D eigenvalue weighted by molar-refractivity contribution is 5.85. The van der Waals surface area contributed by atoms with Crippen molar-refractivity contribution in [2.24, 2.45) is 11.3 Å². The van der Waals surface area contributed by atoms with E-state index in [1.54, 1.807) is 6.92 Å². The molecule has 0 spiro atoms. The Bertz CT molecular complexity index is 167. The number of carbonyl (C=O) groups is 1. The summed E-state index contributed by atoms with van der Waals surface area (Å²) in [5.74, 6) is -0.789. The summed E-state index contributed by atoms with van der Waals surface area (Å²) in [5, 5.41) is 0. The van der Waals surface area contributed by atoms with Gasteiger partial charge in [-0.15, -0.1) is 0 Å². The summed E-state index contributed by atoms with van der Waals surface area (Å²) in [6.45, 7) is 2.98. The molecule has 1 fully saturated rings. The highest BCUT2D eigenvalue weighted by Gasteiger charge is 2.58. The summed E-state index contributed by atoms with van der Waals surface area (Å²) in [5.41, 5.74) is -0.700. The van der Waals surface area contributed by atoms with Crippen LogP contribution in [0, 0.1) is 11.3 Å². The summed E-state index contributed by atoms with van der Waals surface area (Å²) >= 11 is 0. The molecule has 1 nitrogen and oxygen atoms in total. The lowest BCUT2D eigenvalue weighted by Crippen LogP contribution is -2.13. The van der Waals surface area contributed by atoms with Crippen LogP contribution in [-0.4, -0.2) is 12.2 Å². The van der Waals surface area contributed by atoms with Crippen molar-refractivity contribution < 1.29 is 13.6 Å². The fourth-order valence-electron chi connectivity index (χ4n) is 1.17. The molecule has 0 bridgehead atoms. The van der Waals surface area contributed by atoms with E-state index in [9.17, 15) is 13.6 Å². The van der Waals surface area contributed by atoms with Gasteiger partial charge in [0.15, 0.2) is 0 Å². The van der Waals surface area contributed by atoms with Crippen molar-refractivity contribution in [2.45, 2.75) is 26.7 Å². The van der Waals surface area contributed by atoms with Gasteiger partial charge in [0.2, 0.25) is 6.43 Å². The standard InChI is InChI=1S/C7H10F2O/c1-4(10)7(2)3-5(7)6(8)9/h5-6H,3H2,1-2H3/t5-,7+/m0/s1. The minimum Gasteiger partial charge on any atom is -0.299 e. The van der Waals surface area contributed by atoms with Crippen molar-refractivity contribution in [2.75, 3.05) is 0 Å². The monoisotopic (exact) mass is 148 g/mol. The van der Waals surface area contributed by atoms with Crippen LogP contribution in [0.2, 0.25) is 0 Å². The van der Waals surface area contributed by atoms with Gasteiger partial charge in [0, 0.05) is 11.3 Å². The molecule has 0 saturated heterocycles. The maximum absolute atomic E-state index is 11.9. The van der Waals surface area contributed by atoms with Crippen molar-refractivity contribution in [3.63, 3.8) is 0 Å². The molecule has 58 valence electrons. The predicted octanol–water partition coefficient (Wildman–Crippen LogP) is 1.87. The molecule has 0 heterocycles. The largest absolute Gasteiger partial charge is 0.299 e. The van der Waals surface area contributed by atoms with E-state index in [0.29, 0.717) is 6.42 Å². The van der Waals surface area contributed by atoms with Gasteiger partial charge in [-0.25, -0.2) is 8.78 Å². The molecule has 0 aromatic heterocycles. The van der Waals surface area contributed by atoms with Crippen LogP contribution in [0.5, 0.6) is 0 Å². The molecule has 1 aliphatic rings. The van der Waals surface area contributed by atoms with Crippen LogP contribution >= 0.6 is 0 Å². The second kappa shape index (κ2) is 2.01. The van der Waals surface area contributed by atoms with E-state index in [-0.39, 0.29) is 5.78 Å². The molecular weight excluding hydrogens is 138 g/mol. The average Bonchev–Trinajstić information content (AvgIpc) is 2.43. The topological polar surface area (TPSA) is 17.1 Å². The molecular formula is C7H10F2O. The Morgan fingerprint density at radius 1 is 1.70 bits per heavy atom. The Morgan fingerprint density at radius 3 is 2.30 bits per heavy atom. The predicted molar refractivity (Wildman–Crippen MR) is 32.9 cm³/mol. The number of hydrogen-bond donors (Lipinski definition) is 0. The van der Waals surface area contributed by atoms with E-state index < -0.39 is 17.8 Å². The molecule has 1 rings (SSSR count). The third-order valence-corrected chi connectivity index (χ3v) is 2.41. The van der Waals surface area contributed by atoms with Crippen LogP contribution in [-0.2, 0) is 4.79 Å². The van der Waals surface area contributed by atoms with E-state index in [2.05, 4.69) is 0 Å². The zero-order valence-electron chi connectivity index (χ0n) is 6.03. The van der Waals surface area contributed by atoms with Gasteiger partial charge in [-0.05, 0) is 13.3 Å². The molecule has 0 aromatic carbocycles. The molecule has 1 saturated carbocycles. The van der Waals surface area contributed by atoms with Gasteiger partial charge in [0.25, 0.3) is 0 Å². The number of rotatable bonds is 2. The Labute approximate surface area is 58.4 Å². The van der Waals surface area contributed by atoms with Crippen LogP contribution < -0.4 is 0 Å². The summed E-state index contributed by atoms with van der Waals surface area (Å²) in [4.78, 5) is 10.7. The summed E-state index contributed by atoms with van der Waals surface area (Å²) in [7, 11) is 0. The fourth-order valence-corrected chi connectivity index (χ4v) is 1.17. The van der Waals surface area contributed by atoms with Crippen LogP contribution in [0.3, 0.4) is 0 Å². The molecule has 0 N–H and O–H groups in total. The molecule has 2 atom stereocenters. The van der Waals surface area contributed by atoms with E-state index in [0.717, 1.165) is 0 Å². The quantitative estimate of drug-likeness (QED) is 0.584. The molecule has 3 heteroatoms. The Hall–Kier alpha value is -0.470. The zero-order valence-corrected chi connectivity index (χ0v) is 6.03. The first-order chi connectivity index (χ1) is 4.48. The zero-order chi connectivity index (χ0) is 7.94. The van der Waals surface area contributed by atoms with Crippen molar-refractivity contribution in [1.82, 2.24) is 0 Å². The smallest absolute Gasteiger partial charge is 0.242 e.